The maximum Gasteiger partial charge on any atom is -0.0175 e. The quantitative estimate of drug-likeness (QED) is 0.521. The number of hydrogen-bond donors (Lipinski definition) is 0. The van der Waals surface area contributed by atoms with Crippen molar-refractivity contribution in [2.75, 3.05) is 0 Å². The Kier molecular flexibility index (Phi) is 4.10. The van der Waals surface area contributed by atoms with E-state index >= 15 is 0 Å². The minimum atomic E-state index is 0.305. The molecule has 0 radical (unpaired) electrons. The van der Waals surface area contributed by atoms with Gasteiger partial charge in [-0.25, -0.2) is 0 Å². The van der Waals surface area contributed by atoms with Crippen LogP contribution in [0.1, 0.15) is 33.6 Å². The highest BCUT2D eigenvalue weighted by Crippen LogP contribution is 2.22. The predicted octanol–water partition coefficient (Wildman–Crippen LogP) is 3.55. The van der Waals surface area contributed by atoms with Crippen LogP contribution in [0.25, 0.3) is 0 Å². The molecule has 0 saturated heterocycles. The fraction of sp³-hybridized carbons (Fsp3) is 0.600. The molecule has 0 aromatic carbocycles. The van der Waals surface area contributed by atoms with Gasteiger partial charge in [-0.3, -0.25) is 0 Å². The third-order valence-corrected chi connectivity index (χ3v) is 1.74. The van der Waals surface area contributed by atoms with Crippen molar-refractivity contribution in [2.24, 2.45) is 5.41 Å². The van der Waals surface area contributed by atoms with E-state index < -0.39 is 0 Å². The Morgan fingerprint density at radius 3 is 2.40 bits per heavy atom. The number of rotatable bonds is 4. The molecule has 0 heteroatoms. The Labute approximate surface area is 64.6 Å². The summed E-state index contributed by atoms with van der Waals surface area (Å²) in [4.78, 5) is 0. The van der Waals surface area contributed by atoms with Gasteiger partial charge in [0.05, 0.1) is 0 Å². The predicted molar refractivity (Wildman–Crippen MR) is 48.0 cm³/mol. The van der Waals surface area contributed by atoms with Gasteiger partial charge >= 0.3 is 0 Å². The van der Waals surface area contributed by atoms with Gasteiger partial charge < -0.3 is 0 Å². The first-order valence-corrected chi connectivity index (χ1v) is 3.87. The zero-order valence-corrected chi connectivity index (χ0v) is 7.35. The van der Waals surface area contributed by atoms with Crippen LogP contribution in [-0.4, -0.2) is 0 Å². The molecule has 0 fully saturated rings. The molecule has 10 heavy (non-hydrogen) atoms. The van der Waals surface area contributed by atoms with Gasteiger partial charge in [-0.15, -0.1) is 6.58 Å². The van der Waals surface area contributed by atoms with Crippen LogP contribution in [0.15, 0.2) is 24.8 Å². The van der Waals surface area contributed by atoms with Crippen molar-refractivity contribution in [3.63, 3.8) is 0 Å². The molecule has 0 aliphatic heterocycles. The summed E-state index contributed by atoms with van der Waals surface area (Å²) >= 11 is 0. The number of allylic oxidation sites excluding steroid dienone is 3. The van der Waals surface area contributed by atoms with Crippen molar-refractivity contribution in [1.29, 1.82) is 0 Å². The van der Waals surface area contributed by atoms with E-state index in [1.165, 1.54) is 6.42 Å². The van der Waals surface area contributed by atoms with E-state index in [1.807, 2.05) is 6.08 Å². The molecule has 58 valence electrons. The zero-order chi connectivity index (χ0) is 8.04. The van der Waals surface area contributed by atoms with Gasteiger partial charge in [-0.05, 0) is 25.2 Å². The Balaban J connectivity index is 3.56. The van der Waals surface area contributed by atoms with Gasteiger partial charge in [0, 0.05) is 0 Å². The summed E-state index contributed by atoms with van der Waals surface area (Å²) in [6.45, 7) is 10.3. The minimum absolute atomic E-state index is 0.305. The standard InChI is InChI=1S/C10H18/c1-5-7-8-9-10(3,4)6-2/h5-7H,2,8-9H2,1,3-4H3. The molecule has 0 rings (SSSR count). The molecular weight excluding hydrogens is 120 g/mol. The van der Waals surface area contributed by atoms with Crippen LogP contribution < -0.4 is 0 Å². The second-order valence-electron chi connectivity index (χ2n) is 3.30. The smallest absolute Gasteiger partial charge is 0.0175 e. The molecule has 0 aliphatic rings. The zero-order valence-electron chi connectivity index (χ0n) is 7.35. The van der Waals surface area contributed by atoms with Gasteiger partial charge in [-0.2, -0.15) is 0 Å². The van der Waals surface area contributed by atoms with Crippen molar-refractivity contribution in [3.8, 4) is 0 Å². The largest absolute Gasteiger partial charge is 0.103 e. The summed E-state index contributed by atoms with van der Waals surface area (Å²) in [6.07, 6.45) is 8.68. The molecule has 0 spiro atoms. The normalized spacial score (nSPS) is 12.3. The SMILES string of the molecule is C=CC(C)(C)CCC=CC. The lowest BCUT2D eigenvalue weighted by atomic mass is 9.88. The maximum absolute atomic E-state index is 3.79. The third-order valence-electron chi connectivity index (χ3n) is 1.74. The molecule has 0 amide bonds. The summed E-state index contributed by atoms with van der Waals surface area (Å²) < 4.78 is 0. The molecule has 0 saturated carbocycles. The van der Waals surface area contributed by atoms with E-state index in [2.05, 4.69) is 39.5 Å². The molecule has 0 atom stereocenters. The van der Waals surface area contributed by atoms with Gasteiger partial charge in [-0.1, -0.05) is 32.1 Å². The molecule has 0 heterocycles. The monoisotopic (exact) mass is 138 g/mol. The van der Waals surface area contributed by atoms with Gasteiger partial charge in [0.25, 0.3) is 0 Å². The van der Waals surface area contributed by atoms with Crippen LogP contribution in [0, 0.1) is 5.41 Å². The lowest BCUT2D eigenvalue weighted by Crippen LogP contribution is -2.05. The second-order valence-corrected chi connectivity index (χ2v) is 3.30. The van der Waals surface area contributed by atoms with Crippen molar-refractivity contribution < 1.29 is 0 Å². The van der Waals surface area contributed by atoms with Crippen molar-refractivity contribution in [1.82, 2.24) is 0 Å². The lowest BCUT2D eigenvalue weighted by Gasteiger charge is -2.17. The highest BCUT2D eigenvalue weighted by Gasteiger charge is 2.09. The van der Waals surface area contributed by atoms with Crippen LogP contribution in [0.5, 0.6) is 0 Å². The average Bonchev–Trinajstić information content (AvgIpc) is 1.89. The van der Waals surface area contributed by atoms with Crippen LogP contribution in [-0.2, 0) is 0 Å². The fourth-order valence-electron chi connectivity index (χ4n) is 0.724. The Morgan fingerprint density at radius 2 is 2.00 bits per heavy atom. The van der Waals surface area contributed by atoms with Crippen LogP contribution in [0.4, 0.5) is 0 Å². The highest BCUT2D eigenvalue weighted by molar-refractivity contribution is 4.90. The summed E-state index contributed by atoms with van der Waals surface area (Å²) in [5, 5.41) is 0. The topological polar surface area (TPSA) is 0 Å². The summed E-state index contributed by atoms with van der Waals surface area (Å²) in [5.41, 5.74) is 0.305. The van der Waals surface area contributed by atoms with Crippen molar-refractivity contribution in [3.05, 3.63) is 24.8 Å². The molecule has 0 aromatic heterocycles. The van der Waals surface area contributed by atoms with E-state index in [-0.39, 0.29) is 0 Å². The molecule has 0 aromatic rings. The van der Waals surface area contributed by atoms with Crippen LogP contribution in [0.2, 0.25) is 0 Å². The highest BCUT2D eigenvalue weighted by atomic mass is 14.1. The van der Waals surface area contributed by atoms with Crippen molar-refractivity contribution in [2.45, 2.75) is 33.6 Å². The van der Waals surface area contributed by atoms with E-state index in [0.717, 1.165) is 6.42 Å². The van der Waals surface area contributed by atoms with E-state index in [9.17, 15) is 0 Å². The lowest BCUT2D eigenvalue weighted by molar-refractivity contribution is 0.443. The molecule has 0 N–H and O–H groups in total. The first kappa shape index (κ1) is 9.48. The molecule has 0 nitrogen and oxygen atoms in total. The molecule has 0 bridgehead atoms. The Morgan fingerprint density at radius 1 is 1.40 bits per heavy atom. The number of hydrogen-bond acceptors (Lipinski definition) is 0. The summed E-state index contributed by atoms with van der Waals surface area (Å²) in [5.74, 6) is 0. The van der Waals surface area contributed by atoms with E-state index in [1.54, 1.807) is 0 Å². The molecule has 0 aliphatic carbocycles. The Bertz CT molecular complexity index is 118. The fourth-order valence-corrected chi connectivity index (χ4v) is 0.724. The first-order chi connectivity index (χ1) is 4.62. The van der Waals surface area contributed by atoms with E-state index in [4.69, 9.17) is 0 Å². The molecular formula is C10H18. The van der Waals surface area contributed by atoms with Gasteiger partial charge in [0.1, 0.15) is 0 Å². The minimum Gasteiger partial charge on any atom is -0.103 e. The van der Waals surface area contributed by atoms with Crippen molar-refractivity contribution >= 4 is 0 Å². The van der Waals surface area contributed by atoms with Crippen LogP contribution >= 0.6 is 0 Å². The summed E-state index contributed by atoms with van der Waals surface area (Å²) in [6, 6.07) is 0. The van der Waals surface area contributed by atoms with E-state index in [0.29, 0.717) is 5.41 Å². The third kappa shape index (κ3) is 4.37. The Hall–Kier alpha value is -0.520. The molecule has 0 unspecified atom stereocenters. The maximum atomic E-state index is 3.79. The summed E-state index contributed by atoms with van der Waals surface area (Å²) in [7, 11) is 0. The average molecular weight is 138 g/mol. The first-order valence-electron chi connectivity index (χ1n) is 3.87. The van der Waals surface area contributed by atoms with Gasteiger partial charge in [0.2, 0.25) is 0 Å². The second kappa shape index (κ2) is 4.32. The van der Waals surface area contributed by atoms with Gasteiger partial charge in [0.15, 0.2) is 0 Å². The van der Waals surface area contributed by atoms with Crippen LogP contribution in [0.3, 0.4) is 0 Å².